The summed E-state index contributed by atoms with van der Waals surface area (Å²) < 4.78 is 4.98. The zero-order valence-electron chi connectivity index (χ0n) is 12.8. The van der Waals surface area contributed by atoms with Crippen molar-refractivity contribution in [2.75, 3.05) is 13.2 Å². The third-order valence-electron chi connectivity index (χ3n) is 2.91. The van der Waals surface area contributed by atoms with E-state index in [1.165, 1.54) is 18.2 Å². The summed E-state index contributed by atoms with van der Waals surface area (Å²) in [5.41, 5.74) is 0.595. The third-order valence-corrected chi connectivity index (χ3v) is 3.81. The van der Waals surface area contributed by atoms with E-state index in [-0.39, 0.29) is 23.2 Å². The Morgan fingerprint density at radius 3 is 2.78 bits per heavy atom. The van der Waals surface area contributed by atoms with Crippen molar-refractivity contribution < 1.29 is 24.2 Å². The molecule has 0 saturated carbocycles. The molecular formula is C16H17NO5S. The molecule has 6 nitrogen and oxygen atoms in total. The van der Waals surface area contributed by atoms with Crippen LogP contribution in [0.4, 0.5) is 4.79 Å². The van der Waals surface area contributed by atoms with Crippen LogP contribution in [0.5, 0.6) is 5.75 Å². The smallest absolute Gasteiger partial charge is 0.326 e. The SMILES string of the molecule is CC(C)COC(=O)CN1C(=O)S/C(=C/c2cccc(O)c2)C1=O. The average Bonchev–Trinajstić information content (AvgIpc) is 2.73. The number of hydrogen-bond acceptors (Lipinski definition) is 6. The van der Waals surface area contributed by atoms with Gasteiger partial charge < -0.3 is 9.84 Å². The van der Waals surface area contributed by atoms with E-state index in [0.29, 0.717) is 5.56 Å². The minimum Gasteiger partial charge on any atom is -0.508 e. The molecule has 1 aromatic rings. The summed E-state index contributed by atoms with van der Waals surface area (Å²) in [6.45, 7) is 3.64. The van der Waals surface area contributed by atoms with Gasteiger partial charge in [0.15, 0.2) is 0 Å². The van der Waals surface area contributed by atoms with Gasteiger partial charge in [-0.25, -0.2) is 0 Å². The fraction of sp³-hybridized carbons (Fsp3) is 0.312. The summed E-state index contributed by atoms with van der Waals surface area (Å²) in [4.78, 5) is 36.9. The number of imide groups is 1. The Morgan fingerprint density at radius 2 is 2.13 bits per heavy atom. The first kappa shape index (κ1) is 17.1. The highest BCUT2D eigenvalue weighted by molar-refractivity contribution is 8.18. The predicted octanol–water partition coefficient (Wildman–Crippen LogP) is 2.63. The van der Waals surface area contributed by atoms with Crippen LogP contribution < -0.4 is 0 Å². The van der Waals surface area contributed by atoms with E-state index in [1.54, 1.807) is 12.1 Å². The number of amides is 2. The number of carbonyl (C=O) groups is 3. The number of esters is 1. The zero-order valence-corrected chi connectivity index (χ0v) is 13.6. The van der Waals surface area contributed by atoms with Gasteiger partial charge in [-0.3, -0.25) is 19.3 Å². The number of phenols is 1. The van der Waals surface area contributed by atoms with E-state index in [2.05, 4.69) is 0 Å². The minimum atomic E-state index is -0.611. The molecule has 1 saturated heterocycles. The van der Waals surface area contributed by atoms with E-state index in [4.69, 9.17) is 4.74 Å². The number of nitrogens with zero attached hydrogens (tertiary/aromatic N) is 1. The number of thioether (sulfide) groups is 1. The molecule has 2 rings (SSSR count). The molecule has 1 heterocycles. The Kier molecular flexibility index (Phi) is 5.44. The molecule has 0 atom stereocenters. The van der Waals surface area contributed by atoms with Gasteiger partial charge in [0.05, 0.1) is 11.5 Å². The molecule has 23 heavy (non-hydrogen) atoms. The summed E-state index contributed by atoms with van der Waals surface area (Å²) in [5.74, 6) is -0.904. The summed E-state index contributed by atoms with van der Waals surface area (Å²) in [6.07, 6.45) is 1.50. The van der Waals surface area contributed by atoms with Gasteiger partial charge in [-0.15, -0.1) is 0 Å². The van der Waals surface area contributed by atoms with Crippen LogP contribution in [-0.2, 0) is 14.3 Å². The number of ether oxygens (including phenoxy) is 1. The van der Waals surface area contributed by atoms with Crippen LogP contribution >= 0.6 is 11.8 Å². The standard InChI is InChI=1S/C16H17NO5S/c1-10(2)9-22-14(19)8-17-15(20)13(23-16(17)21)7-11-4-3-5-12(18)6-11/h3-7,10,18H,8-9H2,1-2H3/b13-7+. The lowest BCUT2D eigenvalue weighted by Gasteiger charge is -2.12. The molecule has 122 valence electrons. The first-order chi connectivity index (χ1) is 10.9. The lowest BCUT2D eigenvalue weighted by molar-refractivity contribution is -0.147. The Hall–Kier alpha value is -2.28. The number of carbonyl (C=O) groups excluding carboxylic acids is 3. The molecule has 1 N–H and O–H groups in total. The van der Waals surface area contributed by atoms with Gasteiger partial charge >= 0.3 is 5.97 Å². The maximum Gasteiger partial charge on any atom is 0.326 e. The van der Waals surface area contributed by atoms with Gasteiger partial charge in [-0.1, -0.05) is 26.0 Å². The molecule has 0 bridgehead atoms. The first-order valence-corrected chi connectivity index (χ1v) is 7.88. The molecule has 0 unspecified atom stereocenters. The van der Waals surface area contributed by atoms with Crippen LogP contribution in [0.25, 0.3) is 6.08 Å². The monoisotopic (exact) mass is 335 g/mol. The summed E-state index contributed by atoms with van der Waals surface area (Å²) in [6, 6.07) is 6.32. The second-order valence-electron chi connectivity index (χ2n) is 5.44. The Balaban J connectivity index is 2.06. The van der Waals surface area contributed by atoms with Crippen LogP contribution in [0.2, 0.25) is 0 Å². The highest BCUT2D eigenvalue weighted by atomic mass is 32.2. The molecule has 0 aromatic heterocycles. The van der Waals surface area contributed by atoms with Crippen LogP contribution in [0.1, 0.15) is 19.4 Å². The quantitative estimate of drug-likeness (QED) is 0.658. The van der Waals surface area contributed by atoms with Crippen molar-refractivity contribution in [3.8, 4) is 5.75 Å². The van der Waals surface area contributed by atoms with Gasteiger partial charge in [0.1, 0.15) is 12.3 Å². The second-order valence-corrected chi connectivity index (χ2v) is 6.43. The van der Waals surface area contributed by atoms with Crippen molar-refractivity contribution in [2.24, 2.45) is 5.92 Å². The molecule has 1 aliphatic rings. The molecule has 0 aliphatic carbocycles. The second kappa shape index (κ2) is 7.32. The number of phenolic OH excluding ortho intramolecular Hbond substituents is 1. The average molecular weight is 335 g/mol. The lowest BCUT2D eigenvalue weighted by atomic mass is 10.2. The van der Waals surface area contributed by atoms with Crippen LogP contribution in [-0.4, -0.2) is 40.3 Å². The highest BCUT2D eigenvalue weighted by Crippen LogP contribution is 2.32. The van der Waals surface area contributed by atoms with E-state index >= 15 is 0 Å². The van der Waals surface area contributed by atoms with Crippen molar-refractivity contribution >= 4 is 35.0 Å². The maximum atomic E-state index is 12.2. The Morgan fingerprint density at radius 1 is 1.39 bits per heavy atom. The van der Waals surface area contributed by atoms with E-state index < -0.39 is 23.7 Å². The lowest BCUT2D eigenvalue weighted by Crippen LogP contribution is -2.34. The van der Waals surface area contributed by atoms with Gasteiger partial charge in [0.25, 0.3) is 11.1 Å². The summed E-state index contributed by atoms with van der Waals surface area (Å²) in [7, 11) is 0. The molecule has 1 fully saturated rings. The van der Waals surface area contributed by atoms with Crippen molar-refractivity contribution in [1.82, 2.24) is 4.90 Å². The largest absolute Gasteiger partial charge is 0.508 e. The Labute approximate surface area is 138 Å². The molecular weight excluding hydrogens is 318 g/mol. The summed E-state index contributed by atoms with van der Waals surface area (Å²) >= 11 is 0.758. The minimum absolute atomic E-state index is 0.0650. The van der Waals surface area contributed by atoms with Gasteiger partial charge in [0.2, 0.25) is 0 Å². The molecule has 2 amide bonds. The van der Waals surface area contributed by atoms with Crippen LogP contribution in [0.15, 0.2) is 29.2 Å². The molecule has 0 radical (unpaired) electrons. The van der Waals surface area contributed by atoms with E-state index in [0.717, 1.165) is 16.7 Å². The third kappa shape index (κ3) is 4.59. The Bertz CT molecular complexity index is 668. The van der Waals surface area contributed by atoms with Crippen molar-refractivity contribution in [2.45, 2.75) is 13.8 Å². The zero-order chi connectivity index (χ0) is 17.0. The fourth-order valence-electron chi connectivity index (χ4n) is 1.84. The number of hydrogen-bond donors (Lipinski definition) is 1. The highest BCUT2D eigenvalue weighted by Gasteiger charge is 2.36. The first-order valence-electron chi connectivity index (χ1n) is 7.07. The number of aromatic hydroxyl groups is 1. The topological polar surface area (TPSA) is 83.9 Å². The number of benzene rings is 1. The molecule has 1 aliphatic heterocycles. The van der Waals surface area contributed by atoms with Crippen molar-refractivity contribution in [1.29, 1.82) is 0 Å². The van der Waals surface area contributed by atoms with Gasteiger partial charge in [-0.2, -0.15) is 0 Å². The number of rotatable bonds is 5. The summed E-state index contributed by atoms with van der Waals surface area (Å²) in [5, 5.41) is 8.91. The molecule has 1 aromatic carbocycles. The van der Waals surface area contributed by atoms with E-state index in [9.17, 15) is 19.5 Å². The van der Waals surface area contributed by atoms with Gasteiger partial charge in [-0.05, 0) is 41.5 Å². The van der Waals surface area contributed by atoms with E-state index in [1.807, 2.05) is 13.8 Å². The maximum absolute atomic E-state index is 12.2. The fourth-order valence-corrected chi connectivity index (χ4v) is 2.67. The molecule has 7 heteroatoms. The predicted molar refractivity (Wildman–Crippen MR) is 86.6 cm³/mol. The van der Waals surface area contributed by atoms with Gasteiger partial charge in [0, 0.05) is 0 Å². The molecule has 0 spiro atoms. The van der Waals surface area contributed by atoms with Crippen LogP contribution in [0, 0.1) is 5.92 Å². The van der Waals surface area contributed by atoms with Crippen molar-refractivity contribution in [3.63, 3.8) is 0 Å². The van der Waals surface area contributed by atoms with Crippen LogP contribution in [0.3, 0.4) is 0 Å². The normalized spacial score (nSPS) is 16.5. The van der Waals surface area contributed by atoms with Crippen molar-refractivity contribution in [3.05, 3.63) is 34.7 Å².